The second kappa shape index (κ2) is 6.50. The van der Waals surface area contributed by atoms with Gasteiger partial charge in [0.05, 0.1) is 6.26 Å². The molecular formula is C10H19N5O2S. The molecule has 0 aromatic carbocycles. The summed E-state index contributed by atoms with van der Waals surface area (Å²) >= 11 is 0. The number of rotatable bonds is 7. The number of hydrogen-bond acceptors (Lipinski definition) is 6. The lowest BCUT2D eigenvalue weighted by Crippen LogP contribution is -2.31. The highest BCUT2D eigenvalue weighted by Crippen LogP contribution is 2.05. The molecule has 18 heavy (non-hydrogen) atoms. The summed E-state index contributed by atoms with van der Waals surface area (Å²) in [5.74, 6) is 1.05. The summed E-state index contributed by atoms with van der Waals surface area (Å²) in [6.07, 6.45) is 3.30. The maximum atomic E-state index is 11.3. The summed E-state index contributed by atoms with van der Waals surface area (Å²) in [7, 11) is -3.11. The number of nitrogen functional groups attached to an aromatic ring is 1. The Kier molecular flexibility index (Phi) is 5.29. The van der Waals surface area contributed by atoms with Crippen LogP contribution in [0.1, 0.15) is 13.3 Å². The van der Waals surface area contributed by atoms with Crippen molar-refractivity contribution in [1.29, 1.82) is 0 Å². The van der Waals surface area contributed by atoms with E-state index in [-0.39, 0.29) is 0 Å². The summed E-state index contributed by atoms with van der Waals surface area (Å²) in [6.45, 7) is 3.42. The van der Waals surface area contributed by atoms with E-state index < -0.39 is 10.0 Å². The summed E-state index contributed by atoms with van der Waals surface area (Å²) in [5.41, 5.74) is 5.51. The van der Waals surface area contributed by atoms with Crippen LogP contribution in [0.25, 0.3) is 0 Å². The summed E-state index contributed by atoms with van der Waals surface area (Å²) in [4.78, 5) is 7.77. The molecule has 0 aliphatic rings. The van der Waals surface area contributed by atoms with Gasteiger partial charge in [-0.3, -0.25) is 0 Å². The molecule has 1 aromatic heterocycles. The molecule has 0 spiro atoms. The molecule has 0 fully saturated rings. The Hall–Kier alpha value is -1.41. The number of sulfonamides is 1. The number of hydrogen-bond donors (Lipinski definition) is 2. The zero-order chi connectivity index (χ0) is 13.6. The SMILES string of the molecule is CCN(CCCNc1cc(N)ncn1)S(C)(=O)=O. The van der Waals surface area contributed by atoms with E-state index in [1.807, 2.05) is 6.92 Å². The van der Waals surface area contributed by atoms with E-state index in [0.717, 1.165) is 0 Å². The first-order valence-corrected chi connectivity index (χ1v) is 7.55. The van der Waals surface area contributed by atoms with Gasteiger partial charge in [-0.05, 0) is 6.42 Å². The fraction of sp³-hybridized carbons (Fsp3) is 0.600. The van der Waals surface area contributed by atoms with Crippen molar-refractivity contribution in [2.24, 2.45) is 0 Å². The van der Waals surface area contributed by atoms with Gasteiger partial charge < -0.3 is 11.1 Å². The number of aromatic nitrogens is 2. The number of nitrogens with two attached hydrogens (primary N) is 1. The highest BCUT2D eigenvalue weighted by molar-refractivity contribution is 7.88. The molecule has 0 radical (unpaired) electrons. The molecular weight excluding hydrogens is 254 g/mol. The first-order valence-electron chi connectivity index (χ1n) is 5.70. The van der Waals surface area contributed by atoms with Gasteiger partial charge in [0.25, 0.3) is 0 Å². The van der Waals surface area contributed by atoms with Crippen LogP contribution in [0, 0.1) is 0 Å². The maximum absolute atomic E-state index is 11.3. The van der Waals surface area contributed by atoms with Crippen LogP contribution in [-0.4, -0.2) is 48.6 Å². The lowest BCUT2D eigenvalue weighted by Gasteiger charge is -2.17. The van der Waals surface area contributed by atoms with Gasteiger partial charge in [-0.2, -0.15) is 0 Å². The van der Waals surface area contributed by atoms with Crippen molar-refractivity contribution in [3.05, 3.63) is 12.4 Å². The molecule has 0 saturated heterocycles. The fourth-order valence-corrected chi connectivity index (χ4v) is 2.43. The van der Waals surface area contributed by atoms with Crippen LogP contribution in [-0.2, 0) is 10.0 Å². The van der Waals surface area contributed by atoms with Gasteiger partial charge in [-0.25, -0.2) is 22.7 Å². The van der Waals surface area contributed by atoms with Gasteiger partial charge in [-0.15, -0.1) is 0 Å². The Morgan fingerprint density at radius 3 is 2.72 bits per heavy atom. The molecule has 0 aliphatic carbocycles. The third-order valence-electron chi connectivity index (χ3n) is 2.40. The molecule has 0 saturated carbocycles. The number of nitrogens with zero attached hydrogens (tertiary/aromatic N) is 3. The molecule has 8 heteroatoms. The van der Waals surface area contributed by atoms with Gasteiger partial charge in [0.2, 0.25) is 10.0 Å². The second-order valence-corrected chi connectivity index (χ2v) is 5.85. The van der Waals surface area contributed by atoms with Crippen LogP contribution in [0.15, 0.2) is 12.4 Å². The Morgan fingerprint density at radius 2 is 2.17 bits per heavy atom. The molecule has 1 rings (SSSR count). The molecule has 0 atom stereocenters. The standard InChI is InChI=1S/C10H19N5O2S/c1-3-15(18(2,16)17)6-4-5-12-10-7-9(11)13-8-14-10/h7-8H,3-6H2,1-2H3,(H3,11,12,13,14). The Balaban J connectivity index is 2.35. The van der Waals surface area contributed by atoms with Crippen molar-refractivity contribution in [2.75, 3.05) is 36.9 Å². The molecule has 1 aromatic rings. The smallest absolute Gasteiger partial charge is 0.211 e. The molecule has 0 aliphatic heterocycles. The van der Waals surface area contributed by atoms with Crippen LogP contribution in [0.3, 0.4) is 0 Å². The zero-order valence-corrected chi connectivity index (χ0v) is 11.4. The van der Waals surface area contributed by atoms with Crippen molar-refractivity contribution in [1.82, 2.24) is 14.3 Å². The van der Waals surface area contributed by atoms with Crippen LogP contribution < -0.4 is 11.1 Å². The summed E-state index contributed by atoms with van der Waals surface area (Å²) in [5, 5.41) is 3.06. The molecule has 0 bridgehead atoms. The van der Waals surface area contributed by atoms with Crippen LogP contribution in [0.4, 0.5) is 11.6 Å². The van der Waals surface area contributed by atoms with E-state index >= 15 is 0 Å². The Labute approximate surface area is 107 Å². The van der Waals surface area contributed by atoms with Crippen molar-refractivity contribution < 1.29 is 8.42 Å². The number of nitrogens with one attached hydrogen (secondary N) is 1. The third kappa shape index (κ3) is 4.84. The van der Waals surface area contributed by atoms with E-state index in [1.165, 1.54) is 16.9 Å². The highest BCUT2D eigenvalue weighted by atomic mass is 32.2. The quantitative estimate of drug-likeness (QED) is 0.685. The minimum absolute atomic E-state index is 0.402. The normalized spacial score (nSPS) is 11.7. The van der Waals surface area contributed by atoms with Gasteiger partial charge in [-0.1, -0.05) is 6.92 Å². The maximum Gasteiger partial charge on any atom is 0.211 e. The minimum atomic E-state index is -3.11. The van der Waals surface area contributed by atoms with E-state index in [0.29, 0.717) is 37.7 Å². The summed E-state index contributed by atoms with van der Waals surface area (Å²) < 4.78 is 24.1. The van der Waals surface area contributed by atoms with Gasteiger partial charge >= 0.3 is 0 Å². The number of anilines is 2. The average molecular weight is 273 g/mol. The highest BCUT2D eigenvalue weighted by Gasteiger charge is 2.12. The summed E-state index contributed by atoms with van der Waals surface area (Å²) in [6, 6.07) is 1.63. The third-order valence-corrected chi connectivity index (χ3v) is 3.78. The minimum Gasteiger partial charge on any atom is -0.384 e. The Bertz CT molecular complexity index is 477. The van der Waals surface area contributed by atoms with Crippen LogP contribution in [0.5, 0.6) is 0 Å². The first kappa shape index (κ1) is 14.7. The van der Waals surface area contributed by atoms with Crippen LogP contribution >= 0.6 is 0 Å². The van der Waals surface area contributed by atoms with E-state index in [9.17, 15) is 8.42 Å². The largest absolute Gasteiger partial charge is 0.384 e. The molecule has 1 heterocycles. The zero-order valence-electron chi connectivity index (χ0n) is 10.6. The van der Waals surface area contributed by atoms with Crippen molar-refractivity contribution in [3.8, 4) is 0 Å². The van der Waals surface area contributed by atoms with Gasteiger partial charge in [0.15, 0.2) is 0 Å². The molecule has 7 nitrogen and oxygen atoms in total. The monoisotopic (exact) mass is 273 g/mol. The predicted octanol–water partition coefficient (Wildman–Crippen LogP) is 0.142. The van der Waals surface area contributed by atoms with Gasteiger partial charge in [0.1, 0.15) is 18.0 Å². The van der Waals surface area contributed by atoms with Gasteiger partial charge in [0, 0.05) is 25.7 Å². The van der Waals surface area contributed by atoms with E-state index in [4.69, 9.17) is 5.73 Å². The van der Waals surface area contributed by atoms with E-state index in [1.54, 1.807) is 6.07 Å². The molecule has 0 amide bonds. The van der Waals surface area contributed by atoms with Crippen molar-refractivity contribution in [2.45, 2.75) is 13.3 Å². The predicted molar refractivity (Wildman–Crippen MR) is 71.6 cm³/mol. The average Bonchev–Trinajstić information content (AvgIpc) is 2.27. The lowest BCUT2D eigenvalue weighted by atomic mass is 10.4. The lowest BCUT2D eigenvalue weighted by molar-refractivity contribution is 0.428. The second-order valence-electron chi connectivity index (χ2n) is 3.86. The first-order chi connectivity index (χ1) is 8.43. The van der Waals surface area contributed by atoms with Crippen molar-refractivity contribution in [3.63, 3.8) is 0 Å². The fourth-order valence-electron chi connectivity index (χ4n) is 1.50. The molecule has 0 unspecified atom stereocenters. The molecule has 3 N–H and O–H groups in total. The van der Waals surface area contributed by atoms with Crippen LogP contribution in [0.2, 0.25) is 0 Å². The Morgan fingerprint density at radius 1 is 1.44 bits per heavy atom. The van der Waals surface area contributed by atoms with E-state index in [2.05, 4.69) is 15.3 Å². The van der Waals surface area contributed by atoms with Crippen molar-refractivity contribution >= 4 is 21.7 Å². The topological polar surface area (TPSA) is 101 Å². The molecule has 102 valence electrons.